The molecule has 3 aliphatic rings. The number of hydrogen-bond acceptors (Lipinski definition) is 11. The van der Waals surface area contributed by atoms with E-state index in [0.29, 0.717) is 17.9 Å². The number of rotatable bonds is 7. The summed E-state index contributed by atoms with van der Waals surface area (Å²) in [6, 6.07) is 4.95. The van der Waals surface area contributed by atoms with Crippen LogP contribution in [-0.4, -0.2) is 80.9 Å². The number of likely N-dealkylation sites (N-methyl/N-ethyl adjacent to an activating group) is 1. The number of Topliss-reactive ketones (excluding diaryl/α,β-unsaturated/α-hetero) is 3. The fourth-order valence-corrected chi connectivity index (χ4v) is 6.31. The van der Waals surface area contributed by atoms with E-state index in [1.54, 1.807) is 12.1 Å². The van der Waals surface area contributed by atoms with Gasteiger partial charge in [-0.1, -0.05) is 0 Å². The molecule has 1 heterocycles. The molecule has 210 valence electrons. The molecule has 0 unspecified atom stereocenters. The number of phenolic OH excluding ortho intramolecular Hbond substituents is 1. The number of amides is 1. The number of hydrogen-bond donors (Lipinski definition) is 6. The Balaban J connectivity index is 1.58. The number of carbonyl (C=O) groups is 4. The molecule has 1 fully saturated rings. The second kappa shape index (κ2) is 9.73. The highest BCUT2D eigenvalue weighted by Gasteiger charge is 2.64. The Bertz CT molecular complexity index is 1500. The third-order valence-electron chi connectivity index (χ3n) is 8.07. The molecular weight excluding hydrogens is 522 g/mol. The lowest BCUT2D eigenvalue weighted by molar-refractivity contribution is -0.153. The Morgan fingerprint density at radius 1 is 1.18 bits per heavy atom. The van der Waals surface area contributed by atoms with E-state index in [1.165, 1.54) is 37.4 Å². The minimum Gasteiger partial charge on any atom is -0.508 e. The maximum atomic E-state index is 13.9. The monoisotopic (exact) mass is 551 g/mol. The molecule has 1 amide bonds. The highest BCUT2D eigenvalue weighted by Crippen LogP contribution is 2.52. The predicted octanol–water partition coefficient (Wildman–Crippen LogP) is 0.530. The van der Waals surface area contributed by atoms with Crippen LogP contribution >= 0.6 is 0 Å². The summed E-state index contributed by atoms with van der Waals surface area (Å²) in [5, 5.41) is 47.5. The summed E-state index contributed by atoms with van der Waals surface area (Å²) >= 11 is 0. The molecule has 4 atom stereocenters. The van der Waals surface area contributed by atoms with Crippen molar-refractivity contribution in [3.63, 3.8) is 0 Å². The second-order valence-corrected chi connectivity index (χ2v) is 10.6. The molecule has 40 heavy (non-hydrogen) atoms. The van der Waals surface area contributed by atoms with Crippen molar-refractivity contribution in [1.82, 2.24) is 10.2 Å². The molecule has 2 aromatic rings. The molecule has 0 aliphatic heterocycles. The van der Waals surface area contributed by atoms with Crippen LogP contribution in [0.1, 0.15) is 33.7 Å². The number of nitrogens with zero attached hydrogens (tertiary/aromatic N) is 1. The lowest BCUT2D eigenvalue weighted by atomic mass is 9.57. The minimum atomic E-state index is -2.72. The average molecular weight is 552 g/mol. The second-order valence-electron chi connectivity index (χ2n) is 10.6. The van der Waals surface area contributed by atoms with Crippen LogP contribution in [0.2, 0.25) is 0 Å². The van der Waals surface area contributed by atoms with Gasteiger partial charge in [-0.3, -0.25) is 24.1 Å². The molecule has 0 spiro atoms. The number of carbonyl (C=O) groups excluding carboxylic acids is 4. The van der Waals surface area contributed by atoms with Gasteiger partial charge in [0.2, 0.25) is 5.78 Å². The molecule has 1 aromatic carbocycles. The van der Waals surface area contributed by atoms with Gasteiger partial charge in [-0.2, -0.15) is 0 Å². The third-order valence-corrected chi connectivity index (χ3v) is 8.07. The van der Waals surface area contributed by atoms with Gasteiger partial charge in [0, 0.05) is 17.1 Å². The number of aromatic hydroxyl groups is 1. The highest BCUT2D eigenvalue weighted by molar-refractivity contribution is 6.24. The zero-order chi connectivity index (χ0) is 29.1. The van der Waals surface area contributed by atoms with E-state index in [4.69, 9.17) is 10.2 Å². The number of nitrogens with one attached hydrogen (secondary N) is 1. The van der Waals surface area contributed by atoms with Gasteiger partial charge in [0.25, 0.3) is 5.91 Å². The lowest BCUT2D eigenvalue weighted by Crippen LogP contribution is -2.65. The van der Waals surface area contributed by atoms with Crippen LogP contribution < -0.4 is 11.1 Å². The van der Waals surface area contributed by atoms with Gasteiger partial charge in [-0.05, 0) is 62.7 Å². The fourth-order valence-electron chi connectivity index (χ4n) is 6.31. The molecule has 7 N–H and O–H groups in total. The zero-order valence-corrected chi connectivity index (χ0v) is 21.8. The molecule has 1 saturated carbocycles. The van der Waals surface area contributed by atoms with Crippen molar-refractivity contribution in [3.05, 3.63) is 69.9 Å². The number of primary amides is 1. The number of aliphatic hydroxyl groups excluding tert-OH is 2. The summed E-state index contributed by atoms with van der Waals surface area (Å²) in [6.45, 7) is 0.225. The normalized spacial score (nSPS) is 26.1. The summed E-state index contributed by atoms with van der Waals surface area (Å²) in [7, 11) is 3.05. The quantitative estimate of drug-likeness (QED) is 0.207. The van der Waals surface area contributed by atoms with E-state index in [-0.39, 0.29) is 47.6 Å². The Morgan fingerprint density at radius 2 is 1.90 bits per heavy atom. The molecular formula is C28H29N3O9. The number of furan rings is 1. The van der Waals surface area contributed by atoms with Crippen molar-refractivity contribution in [1.29, 1.82) is 0 Å². The smallest absolute Gasteiger partial charge is 0.255 e. The number of benzene rings is 1. The maximum absolute atomic E-state index is 13.9. The first kappa shape index (κ1) is 27.3. The van der Waals surface area contributed by atoms with E-state index < -0.39 is 58.0 Å². The van der Waals surface area contributed by atoms with E-state index in [1.807, 2.05) is 0 Å². The number of aliphatic hydroxyl groups is 3. The Morgan fingerprint density at radius 3 is 2.52 bits per heavy atom. The maximum Gasteiger partial charge on any atom is 0.255 e. The minimum absolute atomic E-state index is 0.0300. The molecule has 3 aliphatic carbocycles. The first-order valence-electron chi connectivity index (χ1n) is 12.6. The Labute approximate surface area is 228 Å². The highest BCUT2D eigenvalue weighted by atomic mass is 16.3. The van der Waals surface area contributed by atoms with E-state index in [0.717, 1.165) is 0 Å². The number of nitrogens with two attached hydrogens (primary N) is 1. The van der Waals surface area contributed by atoms with Gasteiger partial charge in [0.05, 0.1) is 31.0 Å². The summed E-state index contributed by atoms with van der Waals surface area (Å²) in [5.41, 5.74) is 1.87. The lowest BCUT2D eigenvalue weighted by Gasteiger charge is -2.50. The van der Waals surface area contributed by atoms with Crippen LogP contribution in [-0.2, 0) is 27.3 Å². The molecule has 5 rings (SSSR count). The predicted molar refractivity (Wildman–Crippen MR) is 139 cm³/mol. The SMILES string of the molecule is CN(C)[C@@H]1C(=O)C(C(N)=O)=C(O)[C@@]2(O)C(=O)C3=C(O)c4c(O)ccc(C(=O)CNCc5ccco5)c4C[C@H]3C[C@@H]12. The fraction of sp³-hybridized carbons (Fsp3) is 0.357. The Hall–Kier alpha value is -4.26. The van der Waals surface area contributed by atoms with Gasteiger partial charge in [-0.15, -0.1) is 0 Å². The topological polar surface area (TPSA) is 204 Å². The van der Waals surface area contributed by atoms with Crippen molar-refractivity contribution in [2.45, 2.75) is 31.0 Å². The van der Waals surface area contributed by atoms with Crippen LogP contribution in [0.5, 0.6) is 5.75 Å². The van der Waals surface area contributed by atoms with Crippen LogP contribution in [0.3, 0.4) is 0 Å². The van der Waals surface area contributed by atoms with Crippen LogP contribution in [0, 0.1) is 11.8 Å². The van der Waals surface area contributed by atoms with Crippen molar-refractivity contribution in [3.8, 4) is 5.75 Å². The van der Waals surface area contributed by atoms with E-state index in [2.05, 4.69) is 5.32 Å². The zero-order valence-electron chi connectivity index (χ0n) is 21.8. The van der Waals surface area contributed by atoms with Crippen LogP contribution in [0.4, 0.5) is 0 Å². The molecule has 0 bridgehead atoms. The first-order chi connectivity index (χ1) is 18.9. The summed E-state index contributed by atoms with van der Waals surface area (Å²) in [5.74, 6) is -7.09. The van der Waals surface area contributed by atoms with E-state index >= 15 is 0 Å². The standard InChI is InChI=1S/C28H29N3O9/c1-31(2)22-16-9-12-8-15-14(18(33)11-30-10-13-4-3-7-40-13)5-6-17(32)20(15)23(34)19(12)25(36)28(16,39)26(37)21(24(22)35)27(29)38/h3-7,12,16,22,30,32,34,37,39H,8-11H2,1-2H3,(H2,29,38)/t12-,16-,22-,28-/m0/s1. The summed E-state index contributed by atoms with van der Waals surface area (Å²) < 4.78 is 5.25. The van der Waals surface area contributed by atoms with Crippen LogP contribution in [0.15, 0.2) is 51.9 Å². The van der Waals surface area contributed by atoms with Gasteiger partial charge in [-0.25, -0.2) is 0 Å². The number of fused-ring (bicyclic) bond motifs is 3. The van der Waals surface area contributed by atoms with Gasteiger partial charge < -0.3 is 35.9 Å². The molecule has 0 radical (unpaired) electrons. The van der Waals surface area contributed by atoms with Crippen LogP contribution in [0.25, 0.3) is 5.76 Å². The van der Waals surface area contributed by atoms with Crippen molar-refractivity contribution < 1.29 is 44.0 Å². The molecule has 0 saturated heterocycles. The van der Waals surface area contributed by atoms with Gasteiger partial charge in [0.15, 0.2) is 17.2 Å². The number of phenols is 1. The van der Waals surface area contributed by atoms with E-state index in [9.17, 15) is 39.6 Å². The average Bonchev–Trinajstić information content (AvgIpc) is 3.39. The molecule has 12 heteroatoms. The third kappa shape index (κ3) is 3.95. The molecule has 12 nitrogen and oxygen atoms in total. The van der Waals surface area contributed by atoms with Crippen molar-refractivity contribution >= 4 is 29.0 Å². The summed E-state index contributed by atoms with van der Waals surface area (Å²) in [6.07, 6.45) is 1.48. The molecule has 1 aromatic heterocycles. The first-order valence-corrected chi connectivity index (χ1v) is 12.6. The Kier molecular flexibility index (Phi) is 6.65. The van der Waals surface area contributed by atoms with Gasteiger partial charge in [0.1, 0.15) is 28.6 Å². The van der Waals surface area contributed by atoms with Crippen molar-refractivity contribution in [2.24, 2.45) is 17.6 Å². The number of ketones is 3. The largest absolute Gasteiger partial charge is 0.508 e. The van der Waals surface area contributed by atoms with Crippen molar-refractivity contribution in [2.75, 3.05) is 20.6 Å². The van der Waals surface area contributed by atoms with Gasteiger partial charge >= 0.3 is 0 Å². The summed E-state index contributed by atoms with van der Waals surface area (Å²) in [4.78, 5) is 53.7.